The van der Waals surface area contributed by atoms with Crippen molar-refractivity contribution < 1.29 is 19.1 Å². The fourth-order valence-electron chi connectivity index (χ4n) is 5.05. The predicted molar refractivity (Wildman–Crippen MR) is 138 cm³/mol. The predicted octanol–water partition coefficient (Wildman–Crippen LogP) is 6.78. The molecule has 2 fully saturated rings. The molecular weight excluding hydrogens is 470 g/mol. The molecular formula is C27H36ClNO4S. The Bertz CT molecular complexity index is 1020. The SMILES string of the molecule is CC(C)(C)OC(=O)CCCOc1ccc2c(Cl)c(CC3CCN(C4CCCCC4)C3=O)sc2c1. The highest BCUT2D eigenvalue weighted by Gasteiger charge is 2.36. The van der Waals surface area contributed by atoms with Gasteiger partial charge in [0.05, 0.1) is 11.6 Å². The molecule has 2 heterocycles. The number of halogens is 1. The molecule has 1 aliphatic heterocycles. The van der Waals surface area contributed by atoms with Crippen LogP contribution in [0.3, 0.4) is 0 Å². The topological polar surface area (TPSA) is 55.8 Å². The number of likely N-dealkylation sites (tertiary alicyclic amines) is 1. The van der Waals surface area contributed by atoms with Crippen LogP contribution in [0.15, 0.2) is 18.2 Å². The van der Waals surface area contributed by atoms with Crippen molar-refractivity contribution in [3.63, 3.8) is 0 Å². The first kappa shape index (κ1) is 25.3. The average molecular weight is 506 g/mol. The molecule has 7 heteroatoms. The van der Waals surface area contributed by atoms with Crippen LogP contribution in [0.25, 0.3) is 10.1 Å². The van der Waals surface area contributed by atoms with Crippen molar-refractivity contribution in [1.29, 1.82) is 0 Å². The van der Waals surface area contributed by atoms with Crippen molar-refractivity contribution in [2.24, 2.45) is 5.92 Å². The summed E-state index contributed by atoms with van der Waals surface area (Å²) in [6.07, 6.45) is 8.67. The van der Waals surface area contributed by atoms with Crippen LogP contribution in [0.4, 0.5) is 0 Å². The molecule has 1 aromatic heterocycles. The molecule has 1 atom stereocenters. The van der Waals surface area contributed by atoms with E-state index in [4.69, 9.17) is 21.1 Å². The summed E-state index contributed by atoms with van der Waals surface area (Å²) in [5, 5.41) is 1.78. The lowest BCUT2D eigenvalue weighted by Gasteiger charge is -2.31. The monoisotopic (exact) mass is 505 g/mol. The van der Waals surface area contributed by atoms with E-state index < -0.39 is 5.60 Å². The van der Waals surface area contributed by atoms with Gasteiger partial charge in [-0.15, -0.1) is 11.3 Å². The second kappa shape index (κ2) is 10.9. The number of hydrogen-bond acceptors (Lipinski definition) is 5. The summed E-state index contributed by atoms with van der Waals surface area (Å²) in [6.45, 7) is 6.94. The molecule has 4 rings (SSSR count). The highest BCUT2D eigenvalue weighted by Crippen LogP contribution is 2.40. The first-order valence-electron chi connectivity index (χ1n) is 12.6. The van der Waals surface area contributed by atoms with Crippen LogP contribution in [0.1, 0.15) is 77.0 Å². The smallest absolute Gasteiger partial charge is 0.306 e. The second-order valence-electron chi connectivity index (χ2n) is 10.5. The molecule has 0 radical (unpaired) electrons. The maximum Gasteiger partial charge on any atom is 0.306 e. The first-order valence-corrected chi connectivity index (χ1v) is 13.8. The van der Waals surface area contributed by atoms with Crippen LogP contribution in [-0.4, -0.2) is 41.6 Å². The van der Waals surface area contributed by atoms with E-state index >= 15 is 0 Å². The molecule has 0 spiro atoms. The van der Waals surface area contributed by atoms with Gasteiger partial charge in [-0.1, -0.05) is 30.9 Å². The van der Waals surface area contributed by atoms with Crippen molar-refractivity contribution in [3.8, 4) is 5.75 Å². The lowest BCUT2D eigenvalue weighted by molar-refractivity contribution is -0.155. The zero-order chi connectivity index (χ0) is 24.3. The quantitative estimate of drug-likeness (QED) is 0.293. The number of esters is 1. The third kappa shape index (κ3) is 6.25. The third-order valence-electron chi connectivity index (χ3n) is 6.68. The van der Waals surface area contributed by atoms with Gasteiger partial charge < -0.3 is 14.4 Å². The number of fused-ring (bicyclic) bond motifs is 1. The fraction of sp³-hybridized carbons (Fsp3) is 0.630. The van der Waals surface area contributed by atoms with Gasteiger partial charge in [0.2, 0.25) is 5.91 Å². The molecule has 0 N–H and O–H groups in total. The summed E-state index contributed by atoms with van der Waals surface area (Å²) in [4.78, 5) is 28.2. The number of nitrogens with zero attached hydrogens (tertiary/aromatic N) is 1. The Morgan fingerprint density at radius 3 is 2.68 bits per heavy atom. The summed E-state index contributed by atoms with van der Waals surface area (Å²) in [6, 6.07) is 6.36. The van der Waals surface area contributed by atoms with Gasteiger partial charge in [0.25, 0.3) is 0 Å². The maximum absolute atomic E-state index is 13.1. The average Bonchev–Trinajstić information content (AvgIpc) is 3.30. The Kier molecular flexibility index (Phi) is 8.08. The molecule has 0 bridgehead atoms. The van der Waals surface area contributed by atoms with Gasteiger partial charge in [-0.3, -0.25) is 9.59 Å². The number of rotatable bonds is 8. The van der Waals surface area contributed by atoms with Crippen molar-refractivity contribution in [2.45, 2.75) is 90.2 Å². The van der Waals surface area contributed by atoms with Crippen LogP contribution >= 0.6 is 22.9 Å². The van der Waals surface area contributed by atoms with Gasteiger partial charge in [-0.25, -0.2) is 0 Å². The number of amides is 1. The Morgan fingerprint density at radius 1 is 1.18 bits per heavy atom. The molecule has 34 heavy (non-hydrogen) atoms. The number of thiophene rings is 1. The zero-order valence-electron chi connectivity index (χ0n) is 20.5. The lowest BCUT2D eigenvalue weighted by Crippen LogP contribution is -2.39. The van der Waals surface area contributed by atoms with Gasteiger partial charge in [-0.2, -0.15) is 0 Å². The summed E-state index contributed by atoms with van der Waals surface area (Å²) in [5.41, 5.74) is -0.462. The van der Waals surface area contributed by atoms with Crippen LogP contribution in [0.2, 0.25) is 5.02 Å². The van der Waals surface area contributed by atoms with E-state index in [2.05, 4.69) is 4.90 Å². The van der Waals surface area contributed by atoms with E-state index in [1.807, 2.05) is 39.0 Å². The van der Waals surface area contributed by atoms with Crippen molar-refractivity contribution >= 4 is 44.9 Å². The molecule has 2 aromatic rings. The van der Waals surface area contributed by atoms with E-state index in [-0.39, 0.29) is 11.9 Å². The van der Waals surface area contributed by atoms with E-state index in [0.717, 1.165) is 51.5 Å². The maximum atomic E-state index is 13.1. The Morgan fingerprint density at radius 2 is 1.94 bits per heavy atom. The van der Waals surface area contributed by atoms with E-state index in [1.165, 1.54) is 19.3 Å². The number of benzene rings is 1. The summed E-state index contributed by atoms with van der Waals surface area (Å²) in [5.74, 6) is 0.914. The summed E-state index contributed by atoms with van der Waals surface area (Å²) < 4.78 is 12.3. The van der Waals surface area contributed by atoms with Crippen molar-refractivity contribution in [2.75, 3.05) is 13.2 Å². The first-order chi connectivity index (χ1) is 16.2. The van der Waals surface area contributed by atoms with Crippen LogP contribution in [0, 0.1) is 5.92 Å². The summed E-state index contributed by atoms with van der Waals surface area (Å²) in [7, 11) is 0. The largest absolute Gasteiger partial charge is 0.494 e. The van der Waals surface area contributed by atoms with E-state index in [9.17, 15) is 9.59 Å². The summed E-state index contributed by atoms with van der Waals surface area (Å²) >= 11 is 8.39. The molecule has 1 aliphatic carbocycles. The van der Waals surface area contributed by atoms with Gasteiger partial charge >= 0.3 is 5.97 Å². The minimum Gasteiger partial charge on any atom is -0.494 e. The van der Waals surface area contributed by atoms with Gasteiger partial charge in [0.1, 0.15) is 11.4 Å². The fourth-order valence-corrected chi connectivity index (χ4v) is 6.67. The molecule has 186 valence electrons. The van der Waals surface area contributed by atoms with E-state index in [1.54, 1.807) is 11.3 Å². The van der Waals surface area contributed by atoms with Gasteiger partial charge in [0, 0.05) is 39.9 Å². The molecule has 1 amide bonds. The minimum absolute atomic E-state index is 0.0380. The minimum atomic E-state index is -0.462. The molecule has 1 aromatic carbocycles. The standard InChI is InChI=1S/C27H36ClNO4S/c1-27(2,3)33-24(30)10-7-15-32-20-11-12-21-22(17-20)34-23(25(21)28)16-18-13-14-29(26(18)31)19-8-5-4-6-9-19/h11-12,17-19H,4-10,13-16H2,1-3H3. The Balaban J connectivity index is 1.33. The lowest BCUT2D eigenvalue weighted by atomic mass is 9.94. The highest BCUT2D eigenvalue weighted by molar-refractivity contribution is 7.19. The highest BCUT2D eigenvalue weighted by atomic mass is 35.5. The molecule has 1 saturated carbocycles. The van der Waals surface area contributed by atoms with Gasteiger partial charge in [0.15, 0.2) is 0 Å². The Labute approximate surface area is 211 Å². The molecule has 5 nitrogen and oxygen atoms in total. The van der Waals surface area contributed by atoms with Crippen molar-refractivity contribution in [1.82, 2.24) is 4.90 Å². The Hall–Kier alpha value is -1.79. The number of hydrogen-bond donors (Lipinski definition) is 0. The van der Waals surface area contributed by atoms with E-state index in [0.29, 0.717) is 37.8 Å². The molecule has 2 aliphatic rings. The van der Waals surface area contributed by atoms with Crippen LogP contribution in [0.5, 0.6) is 5.75 Å². The normalized spacial score (nSPS) is 19.7. The third-order valence-corrected chi connectivity index (χ3v) is 8.40. The molecule has 1 unspecified atom stereocenters. The number of ether oxygens (including phenoxy) is 2. The zero-order valence-corrected chi connectivity index (χ0v) is 22.1. The van der Waals surface area contributed by atoms with Crippen molar-refractivity contribution in [3.05, 3.63) is 28.1 Å². The second-order valence-corrected chi connectivity index (χ2v) is 12.1. The number of carbonyl (C=O) groups excluding carboxylic acids is 2. The van der Waals surface area contributed by atoms with Crippen LogP contribution < -0.4 is 4.74 Å². The molecule has 1 saturated heterocycles. The number of carbonyl (C=O) groups is 2. The van der Waals surface area contributed by atoms with Gasteiger partial charge in [-0.05, 0) is 71.1 Å². The van der Waals surface area contributed by atoms with Crippen LogP contribution in [-0.2, 0) is 20.7 Å².